The number of hydrogen-bond donors (Lipinski definition) is 1. The summed E-state index contributed by atoms with van der Waals surface area (Å²) in [4.78, 5) is 0. The second-order valence-corrected chi connectivity index (χ2v) is 4.83. The average molecular weight is 167 g/mol. The van der Waals surface area contributed by atoms with Gasteiger partial charge in [0, 0.05) is 6.04 Å². The molecular weight excluding hydrogens is 146 g/mol. The lowest BCUT2D eigenvalue weighted by molar-refractivity contribution is 0.0946. The predicted octanol–water partition coefficient (Wildman–Crippen LogP) is 2.55. The Kier molecular flexibility index (Phi) is 2.40. The van der Waals surface area contributed by atoms with Gasteiger partial charge in [-0.2, -0.15) is 0 Å². The molecule has 2 aliphatic rings. The molecule has 0 radical (unpaired) electrons. The first-order valence-corrected chi connectivity index (χ1v) is 5.54. The zero-order valence-corrected chi connectivity index (χ0v) is 8.13. The third-order valence-electron chi connectivity index (χ3n) is 4.11. The van der Waals surface area contributed by atoms with Crippen LogP contribution in [0.5, 0.6) is 0 Å². The summed E-state index contributed by atoms with van der Waals surface area (Å²) in [6.45, 7) is 2.43. The molecule has 4 unspecified atom stereocenters. The van der Waals surface area contributed by atoms with Crippen LogP contribution in [0.3, 0.4) is 0 Å². The fraction of sp³-hybridized carbons (Fsp3) is 1.00. The molecule has 0 saturated heterocycles. The standard InChI is InChI=1S/C11H21N/c1-8-6-7-11(12)10-5-3-2-4-9(8)10/h8-11H,2-7,12H2,1H3. The van der Waals surface area contributed by atoms with Crippen LogP contribution in [0.25, 0.3) is 0 Å². The van der Waals surface area contributed by atoms with Gasteiger partial charge < -0.3 is 5.73 Å². The highest BCUT2D eigenvalue weighted by molar-refractivity contribution is 4.90. The first kappa shape index (κ1) is 8.55. The normalized spacial score (nSPS) is 48.5. The second kappa shape index (κ2) is 3.37. The summed E-state index contributed by atoms with van der Waals surface area (Å²) < 4.78 is 0. The van der Waals surface area contributed by atoms with Crippen LogP contribution in [-0.4, -0.2) is 6.04 Å². The first-order valence-electron chi connectivity index (χ1n) is 5.54. The van der Waals surface area contributed by atoms with E-state index in [1.54, 1.807) is 0 Å². The molecule has 0 aliphatic heterocycles. The number of rotatable bonds is 0. The van der Waals surface area contributed by atoms with Gasteiger partial charge in [0.15, 0.2) is 0 Å². The molecule has 2 N–H and O–H groups in total. The maximum Gasteiger partial charge on any atom is 0.00700 e. The fourth-order valence-corrected chi connectivity index (χ4v) is 3.31. The molecule has 2 aliphatic carbocycles. The fourth-order valence-electron chi connectivity index (χ4n) is 3.31. The van der Waals surface area contributed by atoms with Crippen LogP contribution in [0.2, 0.25) is 0 Å². The predicted molar refractivity (Wildman–Crippen MR) is 51.8 cm³/mol. The SMILES string of the molecule is CC1CCC(N)C2CCCCC12. The van der Waals surface area contributed by atoms with E-state index in [9.17, 15) is 0 Å². The van der Waals surface area contributed by atoms with E-state index in [1.807, 2.05) is 0 Å². The van der Waals surface area contributed by atoms with Crippen molar-refractivity contribution in [3.8, 4) is 0 Å². The Morgan fingerprint density at radius 2 is 1.58 bits per heavy atom. The van der Waals surface area contributed by atoms with Crippen molar-refractivity contribution in [1.82, 2.24) is 0 Å². The highest BCUT2D eigenvalue weighted by Crippen LogP contribution is 2.42. The Balaban J connectivity index is 2.05. The molecule has 4 atom stereocenters. The van der Waals surface area contributed by atoms with Gasteiger partial charge in [-0.05, 0) is 43.4 Å². The van der Waals surface area contributed by atoms with E-state index in [1.165, 1.54) is 38.5 Å². The molecule has 0 heterocycles. The van der Waals surface area contributed by atoms with Crippen molar-refractivity contribution < 1.29 is 0 Å². The monoisotopic (exact) mass is 167 g/mol. The molecule has 2 saturated carbocycles. The number of fused-ring (bicyclic) bond motifs is 1. The van der Waals surface area contributed by atoms with Crippen LogP contribution < -0.4 is 5.73 Å². The topological polar surface area (TPSA) is 26.0 Å². The summed E-state index contributed by atoms with van der Waals surface area (Å²) in [5.41, 5.74) is 6.15. The number of nitrogens with two attached hydrogens (primary N) is 1. The lowest BCUT2D eigenvalue weighted by Crippen LogP contribution is -2.43. The van der Waals surface area contributed by atoms with E-state index < -0.39 is 0 Å². The maximum atomic E-state index is 6.15. The van der Waals surface area contributed by atoms with Gasteiger partial charge in [0.1, 0.15) is 0 Å². The first-order chi connectivity index (χ1) is 5.79. The maximum absolute atomic E-state index is 6.15. The van der Waals surface area contributed by atoms with E-state index in [4.69, 9.17) is 5.73 Å². The third kappa shape index (κ3) is 1.39. The van der Waals surface area contributed by atoms with Gasteiger partial charge >= 0.3 is 0 Å². The molecule has 2 fully saturated rings. The Labute approximate surface area is 75.7 Å². The van der Waals surface area contributed by atoms with E-state index in [0.717, 1.165) is 17.8 Å². The molecule has 1 nitrogen and oxygen atoms in total. The van der Waals surface area contributed by atoms with Gasteiger partial charge in [-0.3, -0.25) is 0 Å². The van der Waals surface area contributed by atoms with Crippen LogP contribution in [-0.2, 0) is 0 Å². The Bertz CT molecular complexity index is 137. The van der Waals surface area contributed by atoms with Gasteiger partial charge in [-0.1, -0.05) is 19.8 Å². The lowest BCUT2D eigenvalue weighted by Gasteiger charge is -2.43. The van der Waals surface area contributed by atoms with Gasteiger partial charge in [-0.25, -0.2) is 0 Å². The van der Waals surface area contributed by atoms with Crippen LogP contribution in [0.4, 0.5) is 0 Å². The highest BCUT2D eigenvalue weighted by Gasteiger charge is 2.36. The molecule has 0 aromatic heterocycles. The molecule has 2 rings (SSSR count). The molecule has 0 bridgehead atoms. The largest absolute Gasteiger partial charge is 0.327 e. The van der Waals surface area contributed by atoms with Crippen molar-refractivity contribution >= 4 is 0 Å². The zero-order chi connectivity index (χ0) is 8.55. The summed E-state index contributed by atoms with van der Waals surface area (Å²) in [5, 5.41) is 0. The molecule has 0 aromatic carbocycles. The van der Waals surface area contributed by atoms with E-state index in [0.29, 0.717) is 6.04 Å². The molecular formula is C11H21N. The van der Waals surface area contributed by atoms with Crippen LogP contribution >= 0.6 is 0 Å². The lowest BCUT2D eigenvalue weighted by atomic mass is 9.64. The molecule has 0 aromatic rings. The quantitative estimate of drug-likeness (QED) is 0.589. The second-order valence-electron chi connectivity index (χ2n) is 4.83. The van der Waals surface area contributed by atoms with Crippen molar-refractivity contribution in [3.05, 3.63) is 0 Å². The van der Waals surface area contributed by atoms with Crippen LogP contribution in [0.1, 0.15) is 45.4 Å². The highest BCUT2D eigenvalue weighted by atomic mass is 14.7. The summed E-state index contributed by atoms with van der Waals surface area (Å²) in [6.07, 6.45) is 8.42. The summed E-state index contributed by atoms with van der Waals surface area (Å²) >= 11 is 0. The smallest absolute Gasteiger partial charge is 0.00700 e. The van der Waals surface area contributed by atoms with Gasteiger partial charge in [0.25, 0.3) is 0 Å². The van der Waals surface area contributed by atoms with E-state index in [-0.39, 0.29) is 0 Å². The van der Waals surface area contributed by atoms with Gasteiger partial charge in [-0.15, -0.1) is 0 Å². The Hall–Kier alpha value is -0.0400. The van der Waals surface area contributed by atoms with Gasteiger partial charge in [0.2, 0.25) is 0 Å². The molecule has 1 heteroatoms. The van der Waals surface area contributed by atoms with Crippen LogP contribution in [0, 0.1) is 17.8 Å². The van der Waals surface area contributed by atoms with Crippen molar-refractivity contribution in [1.29, 1.82) is 0 Å². The Morgan fingerprint density at radius 1 is 0.917 bits per heavy atom. The van der Waals surface area contributed by atoms with Gasteiger partial charge in [0.05, 0.1) is 0 Å². The minimum atomic E-state index is 0.534. The molecule has 70 valence electrons. The summed E-state index contributed by atoms with van der Waals surface area (Å²) in [5.74, 6) is 2.81. The van der Waals surface area contributed by atoms with E-state index >= 15 is 0 Å². The zero-order valence-electron chi connectivity index (χ0n) is 8.13. The summed E-state index contributed by atoms with van der Waals surface area (Å²) in [6, 6.07) is 0.534. The summed E-state index contributed by atoms with van der Waals surface area (Å²) in [7, 11) is 0. The van der Waals surface area contributed by atoms with Crippen molar-refractivity contribution in [2.75, 3.05) is 0 Å². The molecule has 12 heavy (non-hydrogen) atoms. The van der Waals surface area contributed by atoms with Crippen molar-refractivity contribution in [2.45, 2.75) is 51.5 Å². The number of hydrogen-bond acceptors (Lipinski definition) is 1. The Morgan fingerprint density at radius 3 is 2.25 bits per heavy atom. The van der Waals surface area contributed by atoms with E-state index in [2.05, 4.69) is 6.92 Å². The van der Waals surface area contributed by atoms with Crippen LogP contribution in [0.15, 0.2) is 0 Å². The van der Waals surface area contributed by atoms with Crippen molar-refractivity contribution in [3.63, 3.8) is 0 Å². The average Bonchev–Trinajstić information content (AvgIpc) is 2.12. The minimum absolute atomic E-state index is 0.534. The molecule has 0 spiro atoms. The van der Waals surface area contributed by atoms with Crippen molar-refractivity contribution in [2.24, 2.45) is 23.5 Å². The minimum Gasteiger partial charge on any atom is -0.327 e. The third-order valence-corrected chi connectivity index (χ3v) is 4.11. The molecule has 0 amide bonds.